The standard InChI is InChI=1S/C23H23ClN4O3S/c1-17-7-9-19(10-8-17)20-21(24)25-23(28-12-14-31-15-13-28)26-22(20)27-32(29,30)16-11-18-5-3-2-4-6-18/h2-11,16H,12-15H2,1H3,(H,25,26,27)/b16-11+. The van der Waals surface area contributed by atoms with Crippen molar-refractivity contribution in [2.75, 3.05) is 35.9 Å². The maximum atomic E-state index is 12.9. The van der Waals surface area contributed by atoms with Crippen LogP contribution < -0.4 is 9.62 Å². The molecular weight excluding hydrogens is 448 g/mol. The molecule has 0 saturated carbocycles. The van der Waals surface area contributed by atoms with Crippen molar-refractivity contribution in [2.24, 2.45) is 0 Å². The van der Waals surface area contributed by atoms with Crippen molar-refractivity contribution in [3.63, 3.8) is 0 Å². The highest BCUT2D eigenvalue weighted by atomic mass is 35.5. The van der Waals surface area contributed by atoms with Gasteiger partial charge in [0.2, 0.25) is 5.95 Å². The van der Waals surface area contributed by atoms with Crippen molar-refractivity contribution in [3.8, 4) is 11.1 Å². The van der Waals surface area contributed by atoms with Crippen molar-refractivity contribution in [3.05, 3.63) is 76.3 Å². The second-order valence-corrected chi connectivity index (χ2v) is 9.29. The Morgan fingerprint density at radius 2 is 1.72 bits per heavy atom. The summed E-state index contributed by atoms with van der Waals surface area (Å²) in [6.45, 7) is 4.26. The molecule has 0 unspecified atom stereocenters. The lowest BCUT2D eigenvalue weighted by atomic mass is 10.1. The molecule has 9 heteroatoms. The van der Waals surface area contributed by atoms with E-state index in [0.717, 1.165) is 22.1 Å². The summed E-state index contributed by atoms with van der Waals surface area (Å²) < 4.78 is 33.7. The topological polar surface area (TPSA) is 84.4 Å². The average Bonchev–Trinajstić information content (AvgIpc) is 2.80. The van der Waals surface area contributed by atoms with Crippen LogP contribution in [0.3, 0.4) is 0 Å². The van der Waals surface area contributed by atoms with Gasteiger partial charge in [-0.3, -0.25) is 4.72 Å². The van der Waals surface area contributed by atoms with Crippen molar-refractivity contribution in [2.45, 2.75) is 6.92 Å². The molecule has 0 radical (unpaired) electrons. The van der Waals surface area contributed by atoms with Crippen LogP contribution in [-0.4, -0.2) is 44.7 Å². The lowest BCUT2D eigenvalue weighted by Crippen LogP contribution is -2.37. The third-order valence-corrected chi connectivity index (χ3v) is 6.21. The number of hydrogen-bond acceptors (Lipinski definition) is 6. The van der Waals surface area contributed by atoms with Crippen LogP contribution in [-0.2, 0) is 14.8 Å². The molecule has 166 valence electrons. The van der Waals surface area contributed by atoms with Gasteiger partial charge in [0.1, 0.15) is 5.15 Å². The molecule has 2 heterocycles. The Kier molecular flexibility index (Phi) is 6.74. The van der Waals surface area contributed by atoms with Gasteiger partial charge in [-0.25, -0.2) is 13.4 Å². The predicted octanol–water partition coefficient (Wildman–Crippen LogP) is 4.35. The van der Waals surface area contributed by atoms with Gasteiger partial charge in [0.05, 0.1) is 24.2 Å². The maximum absolute atomic E-state index is 12.9. The fourth-order valence-corrected chi connectivity index (χ4v) is 4.37. The van der Waals surface area contributed by atoms with E-state index < -0.39 is 10.0 Å². The molecule has 0 bridgehead atoms. The van der Waals surface area contributed by atoms with Crippen molar-refractivity contribution >= 4 is 39.5 Å². The summed E-state index contributed by atoms with van der Waals surface area (Å²) in [4.78, 5) is 10.9. The minimum atomic E-state index is -3.86. The summed E-state index contributed by atoms with van der Waals surface area (Å²) in [6, 6.07) is 16.8. The Hall–Kier alpha value is -2.94. The molecule has 0 amide bonds. The van der Waals surface area contributed by atoms with Gasteiger partial charge in [-0.05, 0) is 24.1 Å². The zero-order valence-corrected chi connectivity index (χ0v) is 19.1. The minimum Gasteiger partial charge on any atom is -0.378 e. The van der Waals surface area contributed by atoms with Crippen LogP contribution in [0.5, 0.6) is 0 Å². The third kappa shape index (κ3) is 5.45. The molecule has 1 N–H and O–H groups in total. The second kappa shape index (κ2) is 9.68. The van der Waals surface area contributed by atoms with Gasteiger partial charge in [0, 0.05) is 13.1 Å². The van der Waals surface area contributed by atoms with Gasteiger partial charge >= 0.3 is 0 Å². The fourth-order valence-electron chi connectivity index (χ4n) is 3.28. The molecule has 1 fully saturated rings. The molecule has 3 aromatic rings. The number of halogens is 1. The van der Waals surface area contributed by atoms with E-state index in [1.54, 1.807) is 0 Å². The van der Waals surface area contributed by atoms with Crippen LogP contribution in [0.25, 0.3) is 17.2 Å². The summed E-state index contributed by atoms with van der Waals surface area (Å²) in [5.74, 6) is 0.493. The molecule has 1 aliphatic rings. The van der Waals surface area contributed by atoms with E-state index in [4.69, 9.17) is 16.3 Å². The van der Waals surface area contributed by atoms with Gasteiger partial charge < -0.3 is 9.64 Å². The quantitative estimate of drug-likeness (QED) is 0.539. The Morgan fingerprint density at radius 1 is 1.03 bits per heavy atom. The van der Waals surface area contributed by atoms with Crippen molar-refractivity contribution in [1.29, 1.82) is 0 Å². The van der Waals surface area contributed by atoms with Crippen molar-refractivity contribution < 1.29 is 13.2 Å². The fraction of sp³-hybridized carbons (Fsp3) is 0.217. The molecule has 4 rings (SSSR count). The molecule has 2 aromatic carbocycles. The SMILES string of the molecule is Cc1ccc(-c2c(Cl)nc(N3CCOCC3)nc2NS(=O)(=O)/C=C/c2ccccc2)cc1. The largest absolute Gasteiger partial charge is 0.378 e. The molecule has 0 atom stereocenters. The van der Waals surface area contributed by atoms with E-state index in [2.05, 4.69) is 14.7 Å². The van der Waals surface area contributed by atoms with Crippen LogP contribution in [0.15, 0.2) is 60.0 Å². The normalized spacial score (nSPS) is 14.6. The maximum Gasteiger partial charge on any atom is 0.256 e. The Balaban J connectivity index is 1.74. The smallest absolute Gasteiger partial charge is 0.256 e. The van der Waals surface area contributed by atoms with Crippen LogP contribution in [0.4, 0.5) is 11.8 Å². The zero-order valence-electron chi connectivity index (χ0n) is 17.5. The monoisotopic (exact) mass is 470 g/mol. The second-order valence-electron chi connectivity index (χ2n) is 7.36. The lowest BCUT2D eigenvalue weighted by Gasteiger charge is -2.27. The number of ether oxygens (including phenoxy) is 1. The Morgan fingerprint density at radius 3 is 2.41 bits per heavy atom. The van der Waals surface area contributed by atoms with E-state index in [9.17, 15) is 8.42 Å². The average molecular weight is 471 g/mol. The number of nitrogens with zero attached hydrogens (tertiary/aromatic N) is 3. The number of aryl methyl sites for hydroxylation is 1. The highest BCUT2D eigenvalue weighted by Gasteiger charge is 2.22. The molecule has 32 heavy (non-hydrogen) atoms. The van der Waals surface area contributed by atoms with Gasteiger partial charge in [0.15, 0.2) is 5.82 Å². The number of nitrogens with one attached hydrogen (secondary N) is 1. The highest BCUT2D eigenvalue weighted by molar-refractivity contribution is 7.95. The van der Waals surface area contributed by atoms with Gasteiger partial charge in [-0.2, -0.15) is 4.98 Å². The van der Waals surface area contributed by atoms with E-state index >= 15 is 0 Å². The summed E-state index contributed by atoms with van der Waals surface area (Å²) in [6.07, 6.45) is 1.53. The first-order valence-corrected chi connectivity index (χ1v) is 12.1. The molecular formula is C23H23ClN4O3S. The highest BCUT2D eigenvalue weighted by Crippen LogP contribution is 2.35. The molecule has 7 nitrogen and oxygen atoms in total. The van der Waals surface area contributed by atoms with Crippen molar-refractivity contribution in [1.82, 2.24) is 9.97 Å². The van der Waals surface area contributed by atoms with E-state index in [1.165, 1.54) is 6.08 Å². The molecule has 0 spiro atoms. The van der Waals surface area contributed by atoms with Crippen LogP contribution in [0.2, 0.25) is 5.15 Å². The number of rotatable bonds is 6. The number of aromatic nitrogens is 2. The third-order valence-electron chi connectivity index (χ3n) is 4.97. The molecule has 1 saturated heterocycles. The predicted molar refractivity (Wildman–Crippen MR) is 128 cm³/mol. The number of morpholine rings is 1. The Labute approximate surface area is 192 Å². The summed E-state index contributed by atoms with van der Waals surface area (Å²) in [7, 11) is -3.86. The molecule has 1 aromatic heterocycles. The number of hydrogen-bond donors (Lipinski definition) is 1. The first kappa shape index (κ1) is 22.3. The summed E-state index contributed by atoms with van der Waals surface area (Å²) >= 11 is 6.57. The first-order valence-electron chi connectivity index (χ1n) is 10.1. The van der Waals surface area contributed by atoms with Gasteiger partial charge in [0.25, 0.3) is 10.0 Å². The van der Waals surface area contributed by atoms with Gasteiger partial charge in [-0.15, -0.1) is 0 Å². The molecule has 1 aliphatic heterocycles. The number of anilines is 2. The van der Waals surface area contributed by atoms with Crippen LogP contribution in [0.1, 0.15) is 11.1 Å². The van der Waals surface area contributed by atoms with Crippen LogP contribution in [0, 0.1) is 6.92 Å². The number of benzene rings is 2. The summed E-state index contributed by atoms with van der Waals surface area (Å²) in [5.41, 5.74) is 2.99. The zero-order chi connectivity index (χ0) is 22.6. The summed E-state index contributed by atoms with van der Waals surface area (Å²) in [5, 5.41) is 1.29. The number of sulfonamides is 1. The van der Waals surface area contributed by atoms with Crippen LogP contribution >= 0.6 is 11.6 Å². The van der Waals surface area contributed by atoms with E-state index in [-0.39, 0.29) is 11.0 Å². The van der Waals surface area contributed by atoms with Gasteiger partial charge in [-0.1, -0.05) is 71.8 Å². The minimum absolute atomic E-state index is 0.132. The Bertz CT molecular complexity index is 1210. The lowest BCUT2D eigenvalue weighted by molar-refractivity contribution is 0.122. The van der Waals surface area contributed by atoms with E-state index in [1.807, 2.05) is 66.4 Å². The van der Waals surface area contributed by atoms with E-state index in [0.29, 0.717) is 37.8 Å². The first-order chi connectivity index (χ1) is 15.4. The molecule has 0 aliphatic carbocycles.